The van der Waals surface area contributed by atoms with Crippen LogP contribution < -0.4 is 5.32 Å². The normalized spacial score (nSPS) is 14.1. The predicted octanol–water partition coefficient (Wildman–Crippen LogP) is 1.82. The number of aliphatic carboxylic acids is 1. The van der Waals surface area contributed by atoms with Crippen LogP contribution in [0.15, 0.2) is 0 Å². The molecule has 2 amide bonds. The summed E-state index contributed by atoms with van der Waals surface area (Å²) >= 11 is 0. The molecular weight excluding hydrogens is 246 g/mol. The monoisotopic (exact) mass is 269 g/mol. The number of nitriles is 1. The second kappa shape index (κ2) is 6.98. The Morgan fingerprint density at radius 3 is 2.32 bits per heavy atom. The van der Waals surface area contributed by atoms with Gasteiger partial charge in [0, 0.05) is 19.1 Å². The molecule has 108 valence electrons. The Hall–Kier alpha value is -1.77. The Morgan fingerprint density at radius 2 is 1.95 bits per heavy atom. The van der Waals surface area contributed by atoms with Crippen molar-refractivity contribution in [2.45, 2.75) is 52.6 Å². The number of rotatable bonds is 5. The van der Waals surface area contributed by atoms with E-state index in [1.807, 2.05) is 26.8 Å². The van der Waals surface area contributed by atoms with E-state index >= 15 is 0 Å². The third-order valence-corrected chi connectivity index (χ3v) is 3.09. The summed E-state index contributed by atoms with van der Waals surface area (Å²) in [5.74, 6) is -0.951. The molecule has 6 nitrogen and oxygen atoms in total. The van der Waals surface area contributed by atoms with Crippen LogP contribution in [0.1, 0.15) is 40.5 Å². The van der Waals surface area contributed by atoms with E-state index in [4.69, 9.17) is 10.4 Å². The Balaban J connectivity index is 4.72. The maximum atomic E-state index is 12.0. The molecule has 0 aromatic heterocycles. The molecule has 0 aromatic rings. The quantitative estimate of drug-likeness (QED) is 0.796. The topological polar surface area (TPSA) is 93.4 Å². The molecule has 0 radical (unpaired) electrons. The summed E-state index contributed by atoms with van der Waals surface area (Å²) in [7, 11) is 1.60. The molecule has 2 atom stereocenters. The van der Waals surface area contributed by atoms with Crippen molar-refractivity contribution in [1.82, 2.24) is 10.2 Å². The van der Waals surface area contributed by atoms with Gasteiger partial charge in [0.25, 0.3) is 0 Å². The van der Waals surface area contributed by atoms with Crippen LogP contribution in [0.4, 0.5) is 4.79 Å². The third-order valence-electron chi connectivity index (χ3n) is 3.09. The van der Waals surface area contributed by atoms with Crippen molar-refractivity contribution in [2.24, 2.45) is 5.41 Å². The van der Waals surface area contributed by atoms with Crippen molar-refractivity contribution in [1.29, 1.82) is 5.26 Å². The van der Waals surface area contributed by atoms with Gasteiger partial charge >= 0.3 is 12.0 Å². The number of hydrogen-bond donors (Lipinski definition) is 2. The summed E-state index contributed by atoms with van der Waals surface area (Å²) in [6.45, 7) is 7.39. The molecule has 2 N–H and O–H groups in total. The molecule has 0 heterocycles. The Labute approximate surface area is 114 Å². The maximum absolute atomic E-state index is 12.0. The van der Waals surface area contributed by atoms with Crippen LogP contribution >= 0.6 is 0 Å². The lowest BCUT2D eigenvalue weighted by molar-refractivity contribution is -0.138. The molecule has 19 heavy (non-hydrogen) atoms. The zero-order valence-electron chi connectivity index (χ0n) is 12.2. The van der Waals surface area contributed by atoms with E-state index in [1.165, 1.54) is 4.90 Å². The summed E-state index contributed by atoms with van der Waals surface area (Å²) in [5.41, 5.74) is -0.354. The van der Waals surface area contributed by atoms with E-state index in [-0.39, 0.29) is 30.3 Å². The Bertz CT molecular complexity index is 368. The summed E-state index contributed by atoms with van der Waals surface area (Å²) in [6.07, 6.45) is 0.110. The van der Waals surface area contributed by atoms with Crippen molar-refractivity contribution in [2.75, 3.05) is 7.05 Å². The molecule has 0 aromatic carbocycles. The Kier molecular flexibility index (Phi) is 6.33. The first kappa shape index (κ1) is 17.2. The van der Waals surface area contributed by atoms with Crippen LogP contribution in [0.5, 0.6) is 0 Å². The molecule has 0 aliphatic rings. The van der Waals surface area contributed by atoms with Gasteiger partial charge in [-0.3, -0.25) is 4.79 Å². The molecule has 0 saturated carbocycles. The van der Waals surface area contributed by atoms with Crippen LogP contribution in [0.25, 0.3) is 0 Å². The summed E-state index contributed by atoms with van der Waals surface area (Å²) in [5, 5.41) is 20.2. The van der Waals surface area contributed by atoms with Crippen LogP contribution in [0, 0.1) is 16.7 Å². The molecule has 2 unspecified atom stereocenters. The number of nitrogens with zero attached hydrogens (tertiary/aromatic N) is 2. The highest BCUT2D eigenvalue weighted by Gasteiger charge is 2.30. The van der Waals surface area contributed by atoms with Crippen molar-refractivity contribution >= 4 is 12.0 Å². The fraction of sp³-hybridized carbons (Fsp3) is 0.769. The van der Waals surface area contributed by atoms with Crippen LogP contribution in [-0.4, -0.2) is 41.1 Å². The van der Waals surface area contributed by atoms with E-state index in [9.17, 15) is 9.59 Å². The van der Waals surface area contributed by atoms with E-state index in [1.54, 1.807) is 14.0 Å². The van der Waals surface area contributed by atoms with Gasteiger partial charge in [0.2, 0.25) is 0 Å². The number of carboxylic acids is 1. The Morgan fingerprint density at radius 1 is 1.42 bits per heavy atom. The second-order valence-electron chi connectivity index (χ2n) is 5.79. The number of hydrogen-bond acceptors (Lipinski definition) is 3. The second-order valence-corrected chi connectivity index (χ2v) is 5.79. The van der Waals surface area contributed by atoms with Gasteiger partial charge in [-0.1, -0.05) is 20.8 Å². The average molecular weight is 269 g/mol. The number of carbonyl (C=O) groups is 2. The largest absolute Gasteiger partial charge is 0.481 e. The number of nitrogens with one attached hydrogen (secondary N) is 1. The number of urea groups is 1. The van der Waals surface area contributed by atoms with Gasteiger partial charge < -0.3 is 15.3 Å². The number of carbonyl (C=O) groups excluding carboxylic acids is 1. The van der Waals surface area contributed by atoms with E-state index in [0.717, 1.165) is 0 Å². The molecule has 0 aliphatic heterocycles. The number of amides is 2. The van der Waals surface area contributed by atoms with Gasteiger partial charge in [-0.25, -0.2) is 4.79 Å². The van der Waals surface area contributed by atoms with Crippen molar-refractivity contribution < 1.29 is 14.7 Å². The maximum Gasteiger partial charge on any atom is 0.317 e. The summed E-state index contributed by atoms with van der Waals surface area (Å²) in [4.78, 5) is 24.3. The van der Waals surface area contributed by atoms with E-state index in [0.29, 0.717) is 0 Å². The average Bonchev–Trinajstić information content (AvgIpc) is 2.25. The highest BCUT2D eigenvalue weighted by Crippen LogP contribution is 2.22. The first-order chi connectivity index (χ1) is 8.59. The first-order valence-corrected chi connectivity index (χ1v) is 6.21. The fourth-order valence-electron chi connectivity index (χ4n) is 1.47. The molecule has 0 saturated heterocycles. The van der Waals surface area contributed by atoms with Crippen LogP contribution in [0.3, 0.4) is 0 Å². The molecule has 6 heteroatoms. The van der Waals surface area contributed by atoms with Crippen LogP contribution in [-0.2, 0) is 4.79 Å². The van der Waals surface area contributed by atoms with Crippen molar-refractivity contribution in [3.05, 3.63) is 0 Å². The van der Waals surface area contributed by atoms with E-state index in [2.05, 4.69) is 5.32 Å². The predicted molar refractivity (Wildman–Crippen MR) is 71.5 cm³/mol. The summed E-state index contributed by atoms with van der Waals surface area (Å²) in [6, 6.07) is 0.970. The zero-order chi connectivity index (χ0) is 15.2. The smallest absolute Gasteiger partial charge is 0.317 e. The molecule has 0 bridgehead atoms. The molecule has 0 fully saturated rings. The lowest BCUT2D eigenvalue weighted by Crippen LogP contribution is -2.51. The van der Waals surface area contributed by atoms with Gasteiger partial charge in [-0.2, -0.15) is 5.26 Å². The summed E-state index contributed by atoms with van der Waals surface area (Å²) < 4.78 is 0. The van der Waals surface area contributed by atoms with Gasteiger partial charge in [-0.15, -0.1) is 0 Å². The van der Waals surface area contributed by atoms with Gasteiger partial charge in [0.05, 0.1) is 18.9 Å². The lowest BCUT2D eigenvalue weighted by Gasteiger charge is -2.33. The van der Waals surface area contributed by atoms with Crippen molar-refractivity contribution in [3.8, 4) is 6.07 Å². The minimum atomic E-state index is -0.951. The number of carboxylic acid groups (broad SMARTS) is 1. The molecule has 0 spiro atoms. The van der Waals surface area contributed by atoms with E-state index < -0.39 is 12.0 Å². The standard InChI is InChI=1S/C13H23N3O3/c1-9(6-7-14)16(5)12(19)15-10(8-11(17)18)13(2,3)4/h9-10H,6,8H2,1-5H3,(H,15,19)(H,17,18). The van der Waals surface area contributed by atoms with Gasteiger partial charge in [0.1, 0.15) is 0 Å². The minimum Gasteiger partial charge on any atom is -0.481 e. The first-order valence-electron chi connectivity index (χ1n) is 6.21. The molecule has 0 rings (SSSR count). The molecular formula is C13H23N3O3. The highest BCUT2D eigenvalue weighted by atomic mass is 16.4. The minimum absolute atomic E-state index is 0.129. The van der Waals surface area contributed by atoms with Crippen LogP contribution in [0.2, 0.25) is 0 Å². The highest BCUT2D eigenvalue weighted by molar-refractivity contribution is 5.76. The van der Waals surface area contributed by atoms with Gasteiger partial charge in [0.15, 0.2) is 0 Å². The molecule has 0 aliphatic carbocycles. The SMILES string of the molecule is CC(CC#N)N(C)C(=O)NC(CC(=O)O)C(C)(C)C. The van der Waals surface area contributed by atoms with Gasteiger partial charge in [-0.05, 0) is 12.3 Å². The van der Waals surface area contributed by atoms with Crippen molar-refractivity contribution in [3.63, 3.8) is 0 Å². The third kappa shape index (κ3) is 6.09. The lowest BCUT2D eigenvalue weighted by atomic mass is 9.85. The fourth-order valence-corrected chi connectivity index (χ4v) is 1.47. The zero-order valence-corrected chi connectivity index (χ0v) is 12.2.